The fourth-order valence-electron chi connectivity index (χ4n) is 4.62. The minimum Gasteiger partial charge on any atom is -0.467 e. The molecule has 28 heavy (non-hydrogen) atoms. The predicted molar refractivity (Wildman–Crippen MR) is 110 cm³/mol. The molecule has 5 nitrogen and oxygen atoms in total. The standard InChI is InChI=1S/C23H31N3O2/c27-23(24-17-22-7-4-16-28-22)26-15-11-21(18-26)20-9-13-25(14-10-20)12-8-19-5-2-1-3-6-19/h1-7,16,20-21H,8-15,17-18H2,(H,24,27)/t21-/m0/s1. The summed E-state index contributed by atoms with van der Waals surface area (Å²) in [6.07, 6.45) is 6.45. The normalized spacial score (nSPS) is 21.1. The molecular weight excluding hydrogens is 350 g/mol. The number of likely N-dealkylation sites (tertiary alicyclic amines) is 2. The average Bonchev–Trinajstić information content (AvgIpc) is 3.44. The molecule has 4 rings (SSSR count). The molecule has 5 heteroatoms. The molecule has 150 valence electrons. The highest BCUT2D eigenvalue weighted by atomic mass is 16.3. The minimum absolute atomic E-state index is 0.0409. The van der Waals surface area contributed by atoms with Crippen molar-refractivity contribution in [2.75, 3.05) is 32.7 Å². The predicted octanol–water partition coefficient (Wildman–Crippen LogP) is 3.77. The summed E-state index contributed by atoms with van der Waals surface area (Å²) in [5, 5.41) is 2.97. The Kier molecular flexibility index (Phi) is 6.32. The van der Waals surface area contributed by atoms with Crippen molar-refractivity contribution in [3.05, 3.63) is 60.1 Å². The van der Waals surface area contributed by atoms with Gasteiger partial charge in [0, 0.05) is 19.6 Å². The molecule has 2 aliphatic heterocycles. The second kappa shape index (κ2) is 9.28. The van der Waals surface area contributed by atoms with Crippen molar-refractivity contribution in [1.29, 1.82) is 0 Å². The van der Waals surface area contributed by atoms with Gasteiger partial charge in [0.05, 0.1) is 12.8 Å². The van der Waals surface area contributed by atoms with Crippen LogP contribution in [0.15, 0.2) is 53.1 Å². The van der Waals surface area contributed by atoms with Gasteiger partial charge in [-0.2, -0.15) is 0 Å². The van der Waals surface area contributed by atoms with Gasteiger partial charge in [0.25, 0.3) is 0 Å². The number of furan rings is 1. The molecule has 2 fully saturated rings. The van der Waals surface area contributed by atoms with Crippen LogP contribution in [0.3, 0.4) is 0 Å². The molecule has 3 heterocycles. The summed E-state index contributed by atoms with van der Waals surface area (Å²) in [4.78, 5) is 17.0. The summed E-state index contributed by atoms with van der Waals surface area (Å²) < 4.78 is 5.28. The van der Waals surface area contributed by atoms with Gasteiger partial charge in [-0.05, 0) is 68.3 Å². The molecule has 2 saturated heterocycles. The number of carbonyl (C=O) groups excluding carboxylic acids is 1. The topological polar surface area (TPSA) is 48.7 Å². The maximum Gasteiger partial charge on any atom is 0.317 e. The molecule has 1 aromatic heterocycles. The third-order valence-corrected chi connectivity index (χ3v) is 6.36. The summed E-state index contributed by atoms with van der Waals surface area (Å²) in [5.41, 5.74) is 1.43. The highest BCUT2D eigenvalue weighted by molar-refractivity contribution is 5.74. The van der Waals surface area contributed by atoms with E-state index < -0.39 is 0 Å². The first-order valence-electron chi connectivity index (χ1n) is 10.6. The van der Waals surface area contributed by atoms with Crippen LogP contribution in [-0.4, -0.2) is 48.6 Å². The summed E-state index contributed by atoms with van der Waals surface area (Å²) in [6, 6.07) is 14.5. The molecule has 1 aromatic carbocycles. The SMILES string of the molecule is O=C(NCc1ccco1)N1CC[C@H](C2CCN(CCc3ccccc3)CC2)C1. The average molecular weight is 382 g/mol. The first-order chi connectivity index (χ1) is 13.8. The van der Waals surface area contributed by atoms with Gasteiger partial charge in [-0.1, -0.05) is 30.3 Å². The highest BCUT2D eigenvalue weighted by Gasteiger charge is 2.33. The summed E-state index contributed by atoms with van der Waals surface area (Å²) >= 11 is 0. The van der Waals surface area contributed by atoms with Crippen molar-refractivity contribution in [2.45, 2.75) is 32.2 Å². The number of hydrogen-bond acceptors (Lipinski definition) is 3. The van der Waals surface area contributed by atoms with E-state index >= 15 is 0 Å². The third-order valence-electron chi connectivity index (χ3n) is 6.36. The van der Waals surface area contributed by atoms with Crippen molar-refractivity contribution >= 4 is 6.03 Å². The molecule has 0 bridgehead atoms. The lowest BCUT2D eigenvalue weighted by Crippen LogP contribution is -2.40. The zero-order chi connectivity index (χ0) is 19.2. The van der Waals surface area contributed by atoms with Crippen molar-refractivity contribution < 1.29 is 9.21 Å². The number of benzene rings is 1. The molecule has 0 aliphatic carbocycles. The van der Waals surface area contributed by atoms with E-state index in [0.29, 0.717) is 12.5 Å². The number of amides is 2. The van der Waals surface area contributed by atoms with Crippen molar-refractivity contribution in [2.24, 2.45) is 11.8 Å². The van der Waals surface area contributed by atoms with E-state index in [4.69, 9.17) is 4.42 Å². The van der Waals surface area contributed by atoms with Gasteiger partial charge in [-0.15, -0.1) is 0 Å². The first kappa shape index (κ1) is 19.1. The number of carbonyl (C=O) groups is 1. The Hall–Kier alpha value is -2.27. The van der Waals surface area contributed by atoms with Crippen molar-refractivity contribution in [3.63, 3.8) is 0 Å². The molecule has 2 aromatic rings. The van der Waals surface area contributed by atoms with E-state index in [1.807, 2.05) is 17.0 Å². The lowest BCUT2D eigenvalue weighted by molar-refractivity contribution is 0.148. The van der Waals surface area contributed by atoms with E-state index in [0.717, 1.165) is 44.2 Å². The largest absolute Gasteiger partial charge is 0.467 e. The van der Waals surface area contributed by atoms with Crippen LogP contribution < -0.4 is 5.32 Å². The number of hydrogen-bond donors (Lipinski definition) is 1. The zero-order valence-corrected chi connectivity index (χ0v) is 16.6. The van der Waals surface area contributed by atoms with Gasteiger partial charge in [-0.3, -0.25) is 0 Å². The van der Waals surface area contributed by atoms with Crippen LogP contribution in [0.4, 0.5) is 4.79 Å². The first-order valence-corrected chi connectivity index (χ1v) is 10.6. The quantitative estimate of drug-likeness (QED) is 0.829. The number of urea groups is 1. The summed E-state index contributed by atoms with van der Waals surface area (Å²) in [6.45, 7) is 5.79. The Morgan fingerprint density at radius 2 is 1.79 bits per heavy atom. The van der Waals surface area contributed by atoms with Crippen LogP contribution in [0.5, 0.6) is 0 Å². The van der Waals surface area contributed by atoms with Gasteiger partial charge in [-0.25, -0.2) is 4.79 Å². The van der Waals surface area contributed by atoms with Crippen LogP contribution >= 0.6 is 0 Å². The Morgan fingerprint density at radius 3 is 2.54 bits per heavy atom. The van der Waals surface area contributed by atoms with Crippen molar-refractivity contribution in [1.82, 2.24) is 15.1 Å². The number of piperidine rings is 1. The molecule has 0 saturated carbocycles. The van der Waals surface area contributed by atoms with Gasteiger partial charge < -0.3 is 19.5 Å². The second-order valence-electron chi connectivity index (χ2n) is 8.15. The fourth-order valence-corrected chi connectivity index (χ4v) is 4.62. The molecule has 0 unspecified atom stereocenters. The molecular formula is C23H31N3O2. The van der Waals surface area contributed by atoms with Crippen LogP contribution in [0.25, 0.3) is 0 Å². The maximum absolute atomic E-state index is 12.4. The minimum atomic E-state index is 0.0409. The van der Waals surface area contributed by atoms with Crippen LogP contribution in [0.1, 0.15) is 30.6 Å². The third kappa shape index (κ3) is 4.96. The number of nitrogens with zero attached hydrogens (tertiary/aromatic N) is 2. The van der Waals surface area contributed by atoms with Crippen LogP contribution in [0.2, 0.25) is 0 Å². The number of nitrogens with one attached hydrogen (secondary N) is 1. The molecule has 0 spiro atoms. The van der Waals surface area contributed by atoms with Crippen LogP contribution in [0, 0.1) is 11.8 Å². The zero-order valence-electron chi connectivity index (χ0n) is 16.6. The van der Waals surface area contributed by atoms with E-state index in [1.165, 1.54) is 31.5 Å². The highest BCUT2D eigenvalue weighted by Crippen LogP contribution is 2.32. The van der Waals surface area contributed by atoms with E-state index in [9.17, 15) is 4.79 Å². The smallest absolute Gasteiger partial charge is 0.317 e. The lowest BCUT2D eigenvalue weighted by atomic mass is 9.83. The van der Waals surface area contributed by atoms with Gasteiger partial charge in [0.2, 0.25) is 0 Å². The molecule has 1 atom stereocenters. The Balaban J connectivity index is 1.16. The van der Waals surface area contributed by atoms with Gasteiger partial charge in [0.1, 0.15) is 5.76 Å². The van der Waals surface area contributed by atoms with Crippen molar-refractivity contribution in [3.8, 4) is 0 Å². The Labute approximate surface area is 167 Å². The maximum atomic E-state index is 12.4. The molecule has 0 radical (unpaired) electrons. The lowest BCUT2D eigenvalue weighted by Gasteiger charge is -2.34. The Bertz CT molecular complexity index is 724. The molecule has 2 aliphatic rings. The van der Waals surface area contributed by atoms with Gasteiger partial charge in [0.15, 0.2) is 0 Å². The molecule has 1 N–H and O–H groups in total. The monoisotopic (exact) mass is 381 g/mol. The van der Waals surface area contributed by atoms with E-state index in [-0.39, 0.29) is 6.03 Å². The van der Waals surface area contributed by atoms with Gasteiger partial charge >= 0.3 is 6.03 Å². The van der Waals surface area contributed by atoms with E-state index in [1.54, 1.807) is 6.26 Å². The second-order valence-corrected chi connectivity index (χ2v) is 8.15. The summed E-state index contributed by atoms with van der Waals surface area (Å²) in [5.74, 6) is 2.22. The fraction of sp³-hybridized carbons (Fsp3) is 0.522. The number of rotatable bonds is 6. The Morgan fingerprint density at radius 1 is 1.00 bits per heavy atom. The van der Waals surface area contributed by atoms with Crippen LogP contribution in [-0.2, 0) is 13.0 Å². The van der Waals surface area contributed by atoms with E-state index in [2.05, 4.69) is 40.5 Å². The summed E-state index contributed by atoms with van der Waals surface area (Å²) in [7, 11) is 0. The molecule has 2 amide bonds.